The zero-order valence-corrected chi connectivity index (χ0v) is 11.5. The highest BCUT2D eigenvalue weighted by molar-refractivity contribution is 7.91. The molecule has 0 radical (unpaired) electrons. The van der Waals surface area contributed by atoms with Crippen LogP contribution >= 0.6 is 0 Å². The molecule has 1 N–H and O–H groups in total. The smallest absolute Gasteiger partial charge is 0.471 e. The molecule has 0 fully saturated rings. The average molecular weight is 351 g/mol. The van der Waals surface area contributed by atoms with Gasteiger partial charge in [0.1, 0.15) is 0 Å². The fraction of sp³-hybridized carbons (Fsp3) is 0.364. The number of carbonyl (C=O) groups excluding carboxylic acids is 1. The summed E-state index contributed by atoms with van der Waals surface area (Å²) in [6.07, 6.45) is -10.1. The third kappa shape index (κ3) is 5.05. The van der Waals surface area contributed by atoms with E-state index in [9.17, 15) is 40.1 Å². The van der Waals surface area contributed by atoms with Gasteiger partial charge in [-0.3, -0.25) is 4.79 Å². The van der Waals surface area contributed by atoms with E-state index in [0.29, 0.717) is 12.1 Å². The molecule has 0 aliphatic rings. The first kappa shape index (κ1) is 18.6. The van der Waals surface area contributed by atoms with Crippen LogP contribution in [0.2, 0.25) is 0 Å². The van der Waals surface area contributed by atoms with Gasteiger partial charge < -0.3 is 9.87 Å². The zero-order chi connectivity index (χ0) is 17.3. The zero-order valence-electron chi connectivity index (χ0n) is 10.7. The van der Waals surface area contributed by atoms with Crippen molar-refractivity contribution >= 4 is 22.8 Å². The summed E-state index contributed by atoms with van der Waals surface area (Å²) in [4.78, 5) is 9.85. The molecule has 0 aromatic heterocycles. The molecule has 1 rings (SSSR count). The quantitative estimate of drug-likeness (QED) is 0.671. The standard InChI is InChI=1S/C11H8F7NO2S/c1-5-2-6(12)8(22(21)4-10(13,14)15)3-7(5)19-9(20)11(16,17)18/h2-3H,4H2,1H3,(H,19,20). The molecule has 0 saturated heterocycles. The Bertz CT molecular complexity index is 571. The van der Waals surface area contributed by atoms with Crippen LogP contribution in [0.5, 0.6) is 0 Å². The van der Waals surface area contributed by atoms with E-state index in [4.69, 9.17) is 0 Å². The molecular formula is C11H8F7NO2S. The van der Waals surface area contributed by atoms with Gasteiger partial charge in [-0.2, -0.15) is 26.3 Å². The van der Waals surface area contributed by atoms with Gasteiger partial charge in [0, 0.05) is 11.8 Å². The minimum atomic E-state index is -5.23. The van der Waals surface area contributed by atoms with Gasteiger partial charge in [-0.05, 0) is 29.7 Å². The molecule has 11 heteroatoms. The predicted octanol–water partition coefficient (Wildman–Crippen LogP) is 3.30. The molecule has 1 amide bonds. The van der Waals surface area contributed by atoms with Gasteiger partial charge in [0.25, 0.3) is 0 Å². The van der Waals surface area contributed by atoms with Crippen molar-refractivity contribution in [3.8, 4) is 0 Å². The van der Waals surface area contributed by atoms with Crippen molar-refractivity contribution < 1.29 is 40.1 Å². The molecule has 0 aliphatic heterocycles. The number of hydrogen-bond donors (Lipinski definition) is 1. The van der Waals surface area contributed by atoms with Crippen LogP contribution in [-0.2, 0) is 16.0 Å². The fourth-order valence-corrected chi connectivity index (χ4v) is 2.36. The third-order valence-electron chi connectivity index (χ3n) is 2.32. The first-order valence-electron chi connectivity index (χ1n) is 5.44. The fourth-order valence-electron chi connectivity index (χ4n) is 1.38. The van der Waals surface area contributed by atoms with Crippen LogP contribution in [0.1, 0.15) is 5.56 Å². The second-order valence-electron chi connectivity index (χ2n) is 4.15. The Balaban J connectivity index is 3.12. The van der Waals surface area contributed by atoms with Crippen molar-refractivity contribution in [2.45, 2.75) is 24.2 Å². The average Bonchev–Trinajstić information content (AvgIpc) is 2.28. The van der Waals surface area contributed by atoms with Gasteiger partial charge in [0.15, 0.2) is 10.7 Å². The Kier molecular flexibility index (Phi) is 5.34. The summed E-state index contributed by atoms with van der Waals surface area (Å²) in [7, 11) is 0. The van der Waals surface area contributed by atoms with Crippen LogP contribution in [0.25, 0.3) is 0 Å². The lowest BCUT2D eigenvalue weighted by Gasteiger charge is -2.16. The Morgan fingerprint density at radius 3 is 2.23 bits per heavy atom. The molecule has 1 aromatic rings. The van der Waals surface area contributed by atoms with Crippen LogP contribution in [0.3, 0.4) is 0 Å². The number of aryl methyl sites for hydroxylation is 1. The van der Waals surface area contributed by atoms with Gasteiger partial charge in [-0.15, -0.1) is 0 Å². The van der Waals surface area contributed by atoms with E-state index >= 15 is 0 Å². The number of anilines is 1. The highest BCUT2D eigenvalue weighted by atomic mass is 32.2. The highest BCUT2D eigenvalue weighted by Crippen LogP contribution is 2.29. The van der Waals surface area contributed by atoms with Crippen molar-refractivity contribution in [1.82, 2.24) is 0 Å². The Morgan fingerprint density at radius 1 is 1.23 bits per heavy atom. The number of rotatable bonds is 3. The molecule has 124 valence electrons. The van der Waals surface area contributed by atoms with Gasteiger partial charge in [0.2, 0.25) is 5.75 Å². The molecule has 0 spiro atoms. The van der Waals surface area contributed by atoms with Gasteiger partial charge >= 0.3 is 18.3 Å². The molecular weight excluding hydrogens is 343 g/mol. The van der Waals surface area contributed by atoms with Crippen LogP contribution in [0, 0.1) is 12.7 Å². The Labute approximate surface area is 122 Å². The van der Waals surface area contributed by atoms with E-state index in [2.05, 4.69) is 0 Å². The van der Waals surface area contributed by atoms with E-state index in [1.807, 2.05) is 0 Å². The lowest BCUT2D eigenvalue weighted by Crippen LogP contribution is -2.30. The predicted molar refractivity (Wildman–Crippen MR) is 63.2 cm³/mol. The summed E-state index contributed by atoms with van der Waals surface area (Å²) in [6, 6.07) is 1.09. The van der Waals surface area contributed by atoms with Crippen LogP contribution in [-0.4, -0.2) is 28.6 Å². The molecule has 22 heavy (non-hydrogen) atoms. The van der Waals surface area contributed by atoms with Crippen LogP contribution in [0.15, 0.2) is 17.0 Å². The summed E-state index contributed by atoms with van der Waals surface area (Å²) in [5.74, 6) is -5.51. The number of benzene rings is 1. The summed E-state index contributed by atoms with van der Waals surface area (Å²) in [5.41, 5.74) is -0.739. The summed E-state index contributed by atoms with van der Waals surface area (Å²) < 4.78 is 97.8. The second kappa shape index (κ2) is 6.32. The van der Waals surface area contributed by atoms with Crippen LogP contribution < -0.4 is 5.32 Å². The largest absolute Gasteiger partial charge is 0.611 e. The molecule has 0 bridgehead atoms. The maximum absolute atomic E-state index is 13.5. The molecule has 1 unspecified atom stereocenters. The van der Waals surface area contributed by atoms with Gasteiger partial charge in [-0.25, -0.2) is 4.39 Å². The number of nitrogens with one attached hydrogen (secondary N) is 1. The first-order chi connectivity index (χ1) is 9.81. The summed E-state index contributed by atoms with van der Waals surface area (Å²) >= 11 is -2.85. The Morgan fingerprint density at radius 2 is 1.77 bits per heavy atom. The van der Waals surface area contributed by atoms with Gasteiger partial charge in [-0.1, -0.05) is 0 Å². The topological polar surface area (TPSA) is 52.2 Å². The van der Waals surface area contributed by atoms with E-state index < -0.39 is 51.6 Å². The number of alkyl halides is 6. The molecule has 1 aromatic carbocycles. The van der Waals surface area contributed by atoms with E-state index in [0.717, 1.165) is 6.92 Å². The third-order valence-corrected chi connectivity index (χ3v) is 3.72. The van der Waals surface area contributed by atoms with Crippen molar-refractivity contribution in [3.05, 3.63) is 23.5 Å². The molecule has 0 saturated carbocycles. The van der Waals surface area contributed by atoms with Gasteiger partial charge in [0.05, 0.1) is 0 Å². The summed E-state index contributed by atoms with van der Waals surface area (Å²) in [6.45, 7) is 1.13. The minimum absolute atomic E-state index is 0.164. The molecule has 0 aliphatic carbocycles. The first-order valence-corrected chi connectivity index (χ1v) is 6.76. The summed E-state index contributed by atoms with van der Waals surface area (Å²) in [5, 5.41) is 1.39. The molecule has 0 heterocycles. The van der Waals surface area contributed by atoms with E-state index in [-0.39, 0.29) is 5.56 Å². The normalized spacial score (nSPS) is 13.9. The Hall–Kier alpha value is -1.49. The number of amides is 1. The van der Waals surface area contributed by atoms with Crippen LogP contribution in [0.4, 0.5) is 36.4 Å². The van der Waals surface area contributed by atoms with Crippen molar-refractivity contribution in [1.29, 1.82) is 0 Å². The maximum Gasteiger partial charge on any atom is 0.471 e. The SMILES string of the molecule is Cc1cc(F)c([S+]([O-])CC(F)(F)F)cc1NC(=O)C(F)(F)F. The van der Waals surface area contributed by atoms with E-state index in [1.165, 1.54) is 5.32 Å². The maximum atomic E-state index is 13.5. The van der Waals surface area contributed by atoms with E-state index in [1.54, 1.807) is 0 Å². The van der Waals surface area contributed by atoms with Crippen molar-refractivity contribution in [2.24, 2.45) is 0 Å². The second-order valence-corrected chi connectivity index (χ2v) is 5.57. The number of carbonyl (C=O) groups is 1. The highest BCUT2D eigenvalue weighted by Gasteiger charge is 2.40. The monoisotopic (exact) mass is 351 g/mol. The molecule has 3 nitrogen and oxygen atoms in total. The number of hydrogen-bond acceptors (Lipinski definition) is 2. The number of halogens is 7. The molecule has 1 atom stereocenters. The van der Waals surface area contributed by atoms with Crippen molar-refractivity contribution in [3.63, 3.8) is 0 Å². The van der Waals surface area contributed by atoms with Crippen molar-refractivity contribution in [2.75, 3.05) is 11.1 Å². The minimum Gasteiger partial charge on any atom is -0.611 e. The lowest BCUT2D eigenvalue weighted by atomic mass is 10.2. The lowest BCUT2D eigenvalue weighted by molar-refractivity contribution is -0.167.